The molecule has 0 spiro atoms. The first-order chi connectivity index (χ1) is 8.15. The molecule has 0 aromatic carbocycles. The van der Waals surface area contributed by atoms with Gasteiger partial charge in [-0.3, -0.25) is 9.78 Å². The Hall–Kier alpha value is -1.69. The molecule has 1 fully saturated rings. The summed E-state index contributed by atoms with van der Waals surface area (Å²) in [7, 11) is 0. The zero-order chi connectivity index (χ0) is 12.3. The maximum absolute atomic E-state index is 11.4. The molecule has 0 saturated heterocycles. The number of nitrogens with two attached hydrogens (primary N) is 1. The predicted molar refractivity (Wildman–Crippen MR) is 69.8 cm³/mol. The lowest BCUT2D eigenvalue weighted by Gasteiger charge is -2.07. The van der Waals surface area contributed by atoms with Gasteiger partial charge < -0.3 is 16.4 Å². The van der Waals surface area contributed by atoms with E-state index in [9.17, 15) is 4.79 Å². The smallest absolute Gasteiger partial charge is 0.239 e. The second-order valence-corrected chi connectivity index (χ2v) is 4.43. The van der Waals surface area contributed by atoms with Crippen molar-refractivity contribution < 1.29 is 4.79 Å². The molecule has 2 rings (SSSR count). The molecule has 6 heteroatoms. The SMILES string of the molecule is NC(=S)c1cc(NCC(=O)NC2CC2)ccn1. The minimum atomic E-state index is 0.00110. The number of thiocarbonyl (C=S) groups is 1. The summed E-state index contributed by atoms with van der Waals surface area (Å²) in [6, 6.07) is 3.88. The highest BCUT2D eigenvalue weighted by atomic mass is 32.1. The van der Waals surface area contributed by atoms with Crippen molar-refractivity contribution in [2.45, 2.75) is 18.9 Å². The molecule has 0 unspecified atom stereocenters. The Morgan fingerprint density at radius 3 is 3.00 bits per heavy atom. The third-order valence-corrected chi connectivity index (χ3v) is 2.62. The van der Waals surface area contributed by atoms with Crippen LogP contribution in [0, 0.1) is 0 Å². The molecule has 4 N–H and O–H groups in total. The van der Waals surface area contributed by atoms with E-state index >= 15 is 0 Å². The number of nitrogens with one attached hydrogen (secondary N) is 2. The molecular formula is C11H14N4OS. The van der Waals surface area contributed by atoms with Gasteiger partial charge in [0, 0.05) is 17.9 Å². The summed E-state index contributed by atoms with van der Waals surface area (Å²) in [6.45, 7) is 0.247. The third-order valence-electron chi connectivity index (χ3n) is 2.41. The monoisotopic (exact) mass is 250 g/mol. The van der Waals surface area contributed by atoms with Crippen LogP contribution in [-0.4, -0.2) is 28.5 Å². The Kier molecular flexibility index (Phi) is 3.53. The largest absolute Gasteiger partial charge is 0.388 e. The fourth-order valence-electron chi connectivity index (χ4n) is 1.36. The molecule has 1 amide bonds. The Balaban J connectivity index is 1.87. The van der Waals surface area contributed by atoms with Gasteiger partial charge in [0.05, 0.1) is 12.2 Å². The summed E-state index contributed by atoms with van der Waals surface area (Å²) in [5.74, 6) is 0.00110. The van der Waals surface area contributed by atoms with E-state index in [2.05, 4.69) is 15.6 Å². The minimum absolute atomic E-state index is 0.00110. The molecule has 1 aromatic heterocycles. The molecule has 1 heterocycles. The van der Waals surface area contributed by atoms with E-state index in [1.807, 2.05) is 0 Å². The molecule has 1 aliphatic rings. The first kappa shape index (κ1) is 11.8. The van der Waals surface area contributed by atoms with Gasteiger partial charge in [-0.1, -0.05) is 12.2 Å². The molecule has 17 heavy (non-hydrogen) atoms. The van der Waals surface area contributed by atoms with Crippen molar-refractivity contribution in [3.05, 3.63) is 24.0 Å². The molecule has 1 aliphatic carbocycles. The summed E-state index contributed by atoms with van der Waals surface area (Å²) >= 11 is 4.83. The quantitative estimate of drug-likeness (QED) is 0.659. The lowest BCUT2D eigenvalue weighted by molar-refractivity contribution is -0.119. The summed E-state index contributed by atoms with van der Waals surface area (Å²) in [6.07, 6.45) is 3.79. The fraction of sp³-hybridized carbons (Fsp3) is 0.364. The minimum Gasteiger partial charge on any atom is -0.388 e. The van der Waals surface area contributed by atoms with Crippen LogP contribution in [0.15, 0.2) is 18.3 Å². The Labute approximate surface area is 105 Å². The van der Waals surface area contributed by atoms with E-state index < -0.39 is 0 Å². The Morgan fingerprint density at radius 2 is 2.35 bits per heavy atom. The lowest BCUT2D eigenvalue weighted by Crippen LogP contribution is -2.31. The molecule has 5 nitrogen and oxygen atoms in total. The van der Waals surface area contributed by atoms with Gasteiger partial charge in [-0.2, -0.15) is 0 Å². The highest BCUT2D eigenvalue weighted by Crippen LogP contribution is 2.18. The van der Waals surface area contributed by atoms with Crippen molar-refractivity contribution in [3.8, 4) is 0 Å². The van der Waals surface area contributed by atoms with Gasteiger partial charge in [-0.15, -0.1) is 0 Å². The second kappa shape index (κ2) is 5.09. The van der Waals surface area contributed by atoms with Gasteiger partial charge in [-0.25, -0.2) is 0 Å². The van der Waals surface area contributed by atoms with E-state index in [1.54, 1.807) is 18.3 Å². The first-order valence-electron chi connectivity index (χ1n) is 5.44. The van der Waals surface area contributed by atoms with Crippen LogP contribution in [0.2, 0.25) is 0 Å². The van der Waals surface area contributed by atoms with E-state index in [0.29, 0.717) is 11.7 Å². The zero-order valence-corrected chi connectivity index (χ0v) is 10.1. The molecule has 0 bridgehead atoms. The Bertz CT molecular complexity index is 445. The maximum Gasteiger partial charge on any atom is 0.239 e. The van der Waals surface area contributed by atoms with Crippen LogP contribution in [0.25, 0.3) is 0 Å². The third kappa shape index (κ3) is 3.67. The molecular weight excluding hydrogens is 236 g/mol. The number of hydrogen-bond donors (Lipinski definition) is 3. The van der Waals surface area contributed by atoms with E-state index in [-0.39, 0.29) is 17.4 Å². The Morgan fingerprint density at radius 1 is 1.59 bits per heavy atom. The standard InChI is InChI=1S/C11H14N4OS/c12-11(17)9-5-8(3-4-13-9)14-6-10(16)15-7-1-2-7/h3-5,7H,1-2,6H2,(H2,12,17)(H,13,14)(H,15,16). The molecule has 0 radical (unpaired) electrons. The maximum atomic E-state index is 11.4. The van der Waals surface area contributed by atoms with Crippen LogP contribution in [0.1, 0.15) is 18.5 Å². The van der Waals surface area contributed by atoms with E-state index in [0.717, 1.165) is 18.5 Å². The van der Waals surface area contributed by atoms with Crippen molar-refractivity contribution in [1.29, 1.82) is 0 Å². The topological polar surface area (TPSA) is 80.0 Å². The van der Waals surface area contributed by atoms with Gasteiger partial charge >= 0.3 is 0 Å². The second-order valence-electron chi connectivity index (χ2n) is 3.99. The molecule has 90 valence electrons. The van der Waals surface area contributed by atoms with Crippen LogP contribution in [0.3, 0.4) is 0 Å². The number of hydrogen-bond acceptors (Lipinski definition) is 4. The number of aromatic nitrogens is 1. The van der Waals surface area contributed by atoms with Gasteiger partial charge in [0.25, 0.3) is 0 Å². The van der Waals surface area contributed by atoms with Gasteiger partial charge in [0.1, 0.15) is 4.99 Å². The number of anilines is 1. The molecule has 0 atom stereocenters. The average molecular weight is 250 g/mol. The zero-order valence-electron chi connectivity index (χ0n) is 9.27. The lowest BCUT2D eigenvalue weighted by atomic mass is 10.3. The summed E-state index contributed by atoms with van der Waals surface area (Å²) < 4.78 is 0. The van der Waals surface area contributed by atoms with Crippen LogP contribution in [0.5, 0.6) is 0 Å². The highest BCUT2D eigenvalue weighted by Gasteiger charge is 2.22. The van der Waals surface area contributed by atoms with Gasteiger partial charge in [0.15, 0.2) is 0 Å². The van der Waals surface area contributed by atoms with Gasteiger partial charge in [-0.05, 0) is 25.0 Å². The normalized spacial score (nSPS) is 14.1. The molecule has 1 saturated carbocycles. The van der Waals surface area contributed by atoms with Crippen molar-refractivity contribution in [2.75, 3.05) is 11.9 Å². The van der Waals surface area contributed by atoms with Crippen molar-refractivity contribution in [3.63, 3.8) is 0 Å². The predicted octanol–water partition coefficient (Wildman–Crippen LogP) is 0.406. The number of amides is 1. The average Bonchev–Trinajstić information content (AvgIpc) is 3.11. The highest BCUT2D eigenvalue weighted by molar-refractivity contribution is 7.80. The number of carbonyl (C=O) groups is 1. The van der Waals surface area contributed by atoms with Crippen LogP contribution in [-0.2, 0) is 4.79 Å². The van der Waals surface area contributed by atoms with Crippen molar-refractivity contribution in [2.24, 2.45) is 5.73 Å². The fourth-order valence-corrected chi connectivity index (χ4v) is 1.48. The van der Waals surface area contributed by atoms with Crippen LogP contribution in [0.4, 0.5) is 5.69 Å². The van der Waals surface area contributed by atoms with E-state index in [4.69, 9.17) is 18.0 Å². The molecule has 0 aliphatic heterocycles. The number of rotatable bonds is 5. The van der Waals surface area contributed by atoms with Gasteiger partial charge in [0.2, 0.25) is 5.91 Å². The number of carbonyl (C=O) groups excluding carboxylic acids is 1. The van der Waals surface area contributed by atoms with Crippen molar-refractivity contribution >= 4 is 28.8 Å². The number of nitrogens with zero attached hydrogens (tertiary/aromatic N) is 1. The first-order valence-corrected chi connectivity index (χ1v) is 5.85. The van der Waals surface area contributed by atoms with Crippen LogP contribution >= 0.6 is 12.2 Å². The summed E-state index contributed by atoms with van der Waals surface area (Å²) in [5, 5.41) is 5.90. The summed E-state index contributed by atoms with van der Waals surface area (Å²) in [4.78, 5) is 15.7. The van der Waals surface area contributed by atoms with E-state index in [1.165, 1.54) is 0 Å². The van der Waals surface area contributed by atoms with Crippen LogP contribution < -0.4 is 16.4 Å². The molecule has 1 aromatic rings. The number of pyridine rings is 1. The van der Waals surface area contributed by atoms with Crippen molar-refractivity contribution in [1.82, 2.24) is 10.3 Å². The summed E-state index contributed by atoms with van der Waals surface area (Å²) in [5.41, 5.74) is 6.81.